The Morgan fingerprint density at radius 1 is 1.47 bits per heavy atom. The fraction of sp³-hybridized carbons (Fsp3) is 0.462. The molecule has 0 bridgehead atoms. The highest BCUT2D eigenvalue weighted by molar-refractivity contribution is 5.91. The van der Waals surface area contributed by atoms with Crippen LogP contribution in [-0.2, 0) is 9.53 Å². The van der Waals surface area contributed by atoms with Crippen LogP contribution in [0.1, 0.15) is 25.3 Å². The second-order valence-electron chi connectivity index (χ2n) is 3.92. The van der Waals surface area contributed by atoms with Crippen LogP contribution in [0.3, 0.4) is 0 Å². The first-order valence-electron chi connectivity index (χ1n) is 5.87. The highest BCUT2D eigenvalue weighted by Gasteiger charge is 2.03. The minimum atomic E-state index is -0.00652. The molecule has 0 saturated carbocycles. The van der Waals surface area contributed by atoms with E-state index in [-0.39, 0.29) is 5.91 Å². The number of rotatable bonds is 6. The van der Waals surface area contributed by atoms with Crippen LogP contribution in [0.25, 0.3) is 0 Å². The van der Waals surface area contributed by atoms with Crippen molar-refractivity contribution in [3.05, 3.63) is 23.8 Å². The van der Waals surface area contributed by atoms with E-state index in [0.717, 1.165) is 17.7 Å². The Morgan fingerprint density at radius 2 is 2.24 bits per heavy atom. The van der Waals surface area contributed by atoms with E-state index in [1.807, 2.05) is 26.0 Å². The van der Waals surface area contributed by atoms with Crippen molar-refractivity contribution in [2.75, 3.05) is 24.3 Å². The number of anilines is 2. The van der Waals surface area contributed by atoms with Crippen molar-refractivity contribution in [2.45, 2.75) is 26.7 Å². The van der Waals surface area contributed by atoms with Gasteiger partial charge in [0.25, 0.3) is 0 Å². The highest BCUT2D eigenvalue weighted by atomic mass is 16.5. The molecular weight excluding hydrogens is 216 g/mol. The van der Waals surface area contributed by atoms with Crippen molar-refractivity contribution in [2.24, 2.45) is 0 Å². The van der Waals surface area contributed by atoms with Crippen molar-refractivity contribution in [1.82, 2.24) is 0 Å². The topological polar surface area (TPSA) is 64.3 Å². The van der Waals surface area contributed by atoms with Crippen molar-refractivity contribution < 1.29 is 9.53 Å². The lowest BCUT2D eigenvalue weighted by atomic mass is 10.2. The quantitative estimate of drug-likeness (QED) is 0.588. The van der Waals surface area contributed by atoms with Gasteiger partial charge in [0.05, 0.1) is 0 Å². The number of hydrogen-bond acceptors (Lipinski definition) is 3. The Kier molecular flexibility index (Phi) is 5.49. The number of aryl methyl sites for hydroxylation is 1. The van der Waals surface area contributed by atoms with Gasteiger partial charge in [-0.15, -0.1) is 0 Å². The van der Waals surface area contributed by atoms with Gasteiger partial charge >= 0.3 is 0 Å². The number of nitrogen functional groups attached to an aromatic ring is 1. The van der Waals surface area contributed by atoms with Gasteiger partial charge in [-0.3, -0.25) is 4.79 Å². The summed E-state index contributed by atoms with van der Waals surface area (Å²) in [5, 5.41) is 2.81. The molecule has 94 valence electrons. The molecule has 1 aromatic carbocycles. The van der Waals surface area contributed by atoms with Crippen molar-refractivity contribution in [3.8, 4) is 0 Å². The zero-order chi connectivity index (χ0) is 12.7. The smallest absolute Gasteiger partial charge is 0.224 e. The summed E-state index contributed by atoms with van der Waals surface area (Å²) < 4.78 is 5.17. The summed E-state index contributed by atoms with van der Waals surface area (Å²) in [4.78, 5) is 11.6. The number of benzene rings is 1. The maximum absolute atomic E-state index is 11.6. The third-order valence-electron chi connectivity index (χ3n) is 2.46. The Morgan fingerprint density at radius 3 is 2.88 bits per heavy atom. The molecule has 17 heavy (non-hydrogen) atoms. The van der Waals surface area contributed by atoms with E-state index in [9.17, 15) is 4.79 Å². The first kappa shape index (κ1) is 13.5. The molecule has 0 aliphatic rings. The third kappa shape index (κ3) is 4.87. The molecule has 1 aromatic rings. The van der Waals surface area contributed by atoms with Crippen LogP contribution in [0.5, 0.6) is 0 Å². The van der Waals surface area contributed by atoms with Gasteiger partial charge < -0.3 is 15.8 Å². The zero-order valence-electron chi connectivity index (χ0n) is 10.5. The number of nitrogens with one attached hydrogen (secondary N) is 1. The molecule has 0 spiro atoms. The molecule has 4 heteroatoms. The Bertz CT molecular complexity index is 378. The lowest BCUT2D eigenvalue weighted by Gasteiger charge is -2.07. The lowest BCUT2D eigenvalue weighted by molar-refractivity contribution is -0.116. The number of ether oxygens (including phenoxy) is 1. The summed E-state index contributed by atoms with van der Waals surface area (Å²) >= 11 is 0. The van der Waals surface area contributed by atoms with Crippen LogP contribution in [-0.4, -0.2) is 19.1 Å². The molecule has 0 aromatic heterocycles. The predicted octanol–water partition coefficient (Wildman–Crippen LogP) is 2.33. The van der Waals surface area contributed by atoms with Gasteiger partial charge in [-0.05, 0) is 38.0 Å². The van der Waals surface area contributed by atoms with Crippen molar-refractivity contribution in [1.29, 1.82) is 0 Å². The largest absolute Gasteiger partial charge is 0.398 e. The summed E-state index contributed by atoms with van der Waals surface area (Å²) in [6.07, 6.45) is 1.20. The molecular formula is C13H20N2O2. The lowest BCUT2D eigenvalue weighted by Crippen LogP contribution is -2.12. The van der Waals surface area contributed by atoms with Crippen LogP contribution in [0.15, 0.2) is 18.2 Å². The van der Waals surface area contributed by atoms with E-state index < -0.39 is 0 Å². The average molecular weight is 236 g/mol. The molecule has 0 aliphatic carbocycles. The molecule has 0 unspecified atom stereocenters. The molecule has 0 radical (unpaired) electrons. The number of carbonyl (C=O) groups excluding carboxylic acids is 1. The van der Waals surface area contributed by atoms with Gasteiger partial charge in [-0.1, -0.05) is 6.07 Å². The number of carbonyl (C=O) groups is 1. The minimum absolute atomic E-state index is 0.00652. The molecule has 3 N–H and O–H groups in total. The summed E-state index contributed by atoms with van der Waals surface area (Å²) in [7, 11) is 0. The van der Waals surface area contributed by atoms with E-state index in [1.165, 1.54) is 0 Å². The van der Waals surface area contributed by atoms with Crippen LogP contribution in [0, 0.1) is 6.92 Å². The monoisotopic (exact) mass is 236 g/mol. The summed E-state index contributed by atoms with van der Waals surface area (Å²) in [5.74, 6) is -0.00652. The summed E-state index contributed by atoms with van der Waals surface area (Å²) in [6.45, 7) is 5.19. The normalized spacial score (nSPS) is 10.2. The van der Waals surface area contributed by atoms with E-state index in [1.54, 1.807) is 6.07 Å². The van der Waals surface area contributed by atoms with Gasteiger partial charge in [0.15, 0.2) is 0 Å². The van der Waals surface area contributed by atoms with Gasteiger partial charge in [0, 0.05) is 31.0 Å². The van der Waals surface area contributed by atoms with E-state index in [2.05, 4.69) is 5.32 Å². The molecule has 0 aliphatic heterocycles. The SMILES string of the molecule is CCOCCCC(=O)Nc1ccc(C)c(N)c1. The van der Waals surface area contributed by atoms with Crippen LogP contribution < -0.4 is 11.1 Å². The molecule has 4 nitrogen and oxygen atoms in total. The molecule has 1 rings (SSSR count). The number of amides is 1. The van der Waals surface area contributed by atoms with Crippen molar-refractivity contribution >= 4 is 17.3 Å². The Balaban J connectivity index is 2.37. The van der Waals surface area contributed by atoms with Crippen LogP contribution >= 0.6 is 0 Å². The Hall–Kier alpha value is -1.55. The number of nitrogens with two attached hydrogens (primary N) is 1. The molecule has 0 fully saturated rings. The molecule has 0 heterocycles. The second kappa shape index (κ2) is 6.91. The first-order valence-corrected chi connectivity index (χ1v) is 5.87. The Labute approximate surface area is 102 Å². The zero-order valence-corrected chi connectivity index (χ0v) is 10.5. The minimum Gasteiger partial charge on any atom is -0.398 e. The highest BCUT2D eigenvalue weighted by Crippen LogP contribution is 2.17. The maximum atomic E-state index is 11.6. The van der Waals surface area contributed by atoms with Crippen LogP contribution in [0.4, 0.5) is 11.4 Å². The number of hydrogen-bond donors (Lipinski definition) is 2. The molecule has 1 amide bonds. The molecule has 0 saturated heterocycles. The van der Waals surface area contributed by atoms with Gasteiger partial charge in [-0.25, -0.2) is 0 Å². The van der Waals surface area contributed by atoms with Gasteiger partial charge in [-0.2, -0.15) is 0 Å². The summed E-state index contributed by atoms with van der Waals surface area (Å²) in [6, 6.07) is 5.52. The summed E-state index contributed by atoms with van der Waals surface area (Å²) in [5.41, 5.74) is 8.21. The third-order valence-corrected chi connectivity index (χ3v) is 2.46. The fourth-order valence-electron chi connectivity index (χ4n) is 1.42. The second-order valence-corrected chi connectivity index (χ2v) is 3.92. The van der Waals surface area contributed by atoms with Gasteiger partial charge in [0.2, 0.25) is 5.91 Å². The van der Waals surface area contributed by atoms with Crippen LogP contribution in [0.2, 0.25) is 0 Å². The standard InChI is InChI=1S/C13H20N2O2/c1-3-17-8-4-5-13(16)15-11-7-6-10(2)12(14)9-11/h6-7,9H,3-5,8,14H2,1-2H3,(H,15,16). The predicted molar refractivity (Wildman–Crippen MR) is 69.9 cm³/mol. The average Bonchev–Trinajstić information content (AvgIpc) is 2.30. The van der Waals surface area contributed by atoms with Gasteiger partial charge in [0.1, 0.15) is 0 Å². The van der Waals surface area contributed by atoms with E-state index >= 15 is 0 Å². The maximum Gasteiger partial charge on any atom is 0.224 e. The first-order chi connectivity index (χ1) is 8.13. The van der Waals surface area contributed by atoms with Crippen molar-refractivity contribution in [3.63, 3.8) is 0 Å². The fourth-order valence-corrected chi connectivity index (χ4v) is 1.42. The molecule has 0 atom stereocenters. The van der Waals surface area contributed by atoms with E-state index in [0.29, 0.717) is 25.3 Å². The van der Waals surface area contributed by atoms with E-state index in [4.69, 9.17) is 10.5 Å².